The lowest BCUT2D eigenvalue weighted by molar-refractivity contribution is 0.105. The summed E-state index contributed by atoms with van der Waals surface area (Å²) in [6.07, 6.45) is 6.38. The van der Waals surface area contributed by atoms with Crippen molar-refractivity contribution in [2.24, 2.45) is 7.05 Å². The van der Waals surface area contributed by atoms with E-state index in [0.29, 0.717) is 0 Å². The highest BCUT2D eigenvalue weighted by Crippen LogP contribution is 2.18. The van der Waals surface area contributed by atoms with E-state index in [1.165, 1.54) is 12.8 Å². The smallest absolute Gasteiger partial charge is 0.137 e. The number of rotatable bonds is 5. The van der Waals surface area contributed by atoms with Crippen molar-refractivity contribution in [1.82, 2.24) is 19.4 Å². The number of aryl methyl sites for hydroxylation is 1. The first-order valence-electron chi connectivity index (χ1n) is 7.12. The number of hydrogen-bond acceptors (Lipinski definition) is 4. The van der Waals surface area contributed by atoms with Crippen molar-refractivity contribution in [2.45, 2.75) is 31.4 Å². The fourth-order valence-corrected chi connectivity index (χ4v) is 2.79. The Hall–Kier alpha value is -0.910. The Kier molecular flexibility index (Phi) is 4.96. The number of likely N-dealkylation sites (tertiary alicyclic amines) is 1. The quantitative estimate of drug-likeness (QED) is 0.859. The molecule has 1 N–H and O–H groups in total. The molecule has 1 atom stereocenters. The zero-order valence-electron chi connectivity index (χ0n) is 12.3. The third kappa shape index (κ3) is 3.78. The third-order valence-electron chi connectivity index (χ3n) is 4.16. The summed E-state index contributed by atoms with van der Waals surface area (Å²) in [5, 5.41) is 10.1. The molecule has 1 aromatic rings. The van der Waals surface area contributed by atoms with Gasteiger partial charge in [-0.1, -0.05) is 0 Å². The highest BCUT2D eigenvalue weighted by molar-refractivity contribution is 4.95. The predicted molar refractivity (Wildman–Crippen MR) is 75.9 cm³/mol. The van der Waals surface area contributed by atoms with Gasteiger partial charge in [0.05, 0.1) is 0 Å². The fourth-order valence-electron chi connectivity index (χ4n) is 2.79. The Morgan fingerprint density at radius 2 is 2.11 bits per heavy atom. The molecule has 0 radical (unpaired) electrons. The van der Waals surface area contributed by atoms with Crippen molar-refractivity contribution in [3.05, 3.63) is 18.2 Å². The summed E-state index contributed by atoms with van der Waals surface area (Å²) < 4.78 is 1.89. The third-order valence-corrected chi connectivity index (χ3v) is 4.16. The van der Waals surface area contributed by atoms with Crippen LogP contribution in [0.1, 0.15) is 31.2 Å². The summed E-state index contributed by atoms with van der Waals surface area (Å²) in [7, 11) is 6.24. The summed E-state index contributed by atoms with van der Waals surface area (Å²) in [6.45, 7) is 3.22. The van der Waals surface area contributed by atoms with Crippen LogP contribution in [0.5, 0.6) is 0 Å². The standard InChI is InChI=1S/C14H26N4O/c1-16(2)12-4-8-18(9-5-12)10-6-13(19)14-15-7-11-17(14)3/h7,11-13,19H,4-6,8-10H2,1-3H3/t13-/m0/s1. The first kappa shape index (κ1) is 14.5. The molecule has 2 rings (SSSR count). The van der Waals surface area contributed by atoms with Crippen LogP contribution < -0.4 is 0 Å². The average Bonchev–Trinajstić information content (AvgIpc) is 2.83. The van der Waals surface area contributed by atoms with Crippen LogP contribution in [0.25, 0.3) is 0 Å². The van der Waals surface area contributed by atoms with Gasteiger partial charge in [-0.3, -0.25) is 0 Å². The maximum absolute atomic E-state index is 10.1. The van der Waals surface area contributed by atoms with Gasteiger partial charge in [0, 0.05) is 32.0 Å². The Balaban J connectivity index is 1.74. The molecular formula is C14H26N4O. The molecule has 19 heavy (non-hydrogen) atoms. The van der Waals surface area contributed by atoms with Crippen LogP contribution in [0.2, 0.25) is 0 Å². The molecule has 108 valence electrons. The molecule has 0 bridgehead atoms. The minimum absolute atomic E-state index is 0.452. The molecule has 0 unspecified atom stereocenters. The Labute approximate surface area is 115 Å². The minimum atomic E-state index is -0.452. The second-order valence-corrected chi connectivity index (χ2v) is 5.74. The monoisotopic (exact) mass is 266 g/mol. The molecule has 0 aromatic carbocycles. The number of hydrogen-bond donors (Lipinski definition) is 1. The van der Waals surface area contributed by atoms with E-state index in [0.717, 1.165) is 37.9 Å². The first-order chi connectivity index (χ1) is 9.08. The van der Waals surface area contributed by atoms with Crippen LogP contribution in [0, 0.1) is 0 Å². The van der Waals surface area contributed by atoms with Crippen molar-refractivity contribution in [3.8, 4) is 0 Å². The van der Waals surface area contributed by atoms with E-state index < -0.39 is 6.10 Å². The molecule has 1 aromatic heterocycles. The Morgan fingerprint density at radius 3 is 2.63 bits per heavy atom. The Morgan fingerprint density at radius 1 is 1.42 bits per heavy atom. The van der Waals surface area contributed by atoms with Crippen molar-refractivity contribution in [1.29, 1.82) is 0 Å². The van der Waals surface area contributed by atoms with E-state index in [9.17, 15) is 5.11 Å². The molecule has 5 heteroatoms. The molecule has 1 fully saturated rings. The van der Waals surface area contributed by atoms with Gasteiger partial charge < -0.3 is 19.5 Å². The largest absolute Gasteiger partial charge is 0.385 e. The van der Waals surface area contributed by atoms with Gasteiger partial charge in [0.1, 0.15) is 11.9 Å². The van der Waals surface area contributed by atoms with Crippen LogP contribution >= 0.6 is 0 Å². The van der Waals surface area contributed by atoms with E-state index in [4.69, 9.17) is 0 Å². The maximum atomic E-state index is 10.1. The van der Waals surface area contributed by atoms with Crippen LogP contribution in [0.15, 0.2) is 12.4 Å². The van der Waals surface area contributed by atoms with Gasteiger partial charge in [0.15, 0.2) is 0 Å². The molecular weight excluding hydrogens is 240 g/mol. The molecule has 0 spiro atoms. The molecule has 0 amide bonds. The summed E-state index contributed by atoms with van der Waals surface area (Å²) >= 11 is 0. The number of imidazole rings is 1. The lowest BCUT2D eigenvalue weighted by Crippen LogP contribution is -2.42. The van der Waals surface area contributed by atoms with Gasteiger partial charge in [-0.25, -0.2) is 4.98 Å². The Bertz CT molecular complexity index is 383. The number of nitrogens with zero attached hydrogens (tertiary/aromatic N) is 4. The second-order valence-electron chi connectivity index (χ2n) is 5.74. The van der Waals surface area contributed by atoms with Crippen molar-refractivity contribution in [3.63, 3.8) is 0 Å². The lowest BCUT2D eigenvalue weighted by Gasteiger charge is -2.35. The molecule has 0 saturated carbocycles. The molecule has 5 nitrogen and oxygen atoms in total. The minimum Gasteiger partial charge on any atom is -0.385 e. The number of aliphatic hydroxyl groups is 1. The van der Waals surface area contributed by atoms with E-state index >= 15 is 0 Å². The van der Waals surface area contributed by atoms with Crippen molar-refractivity contribution >= 4 is 0 Å². The van der Waals surface area contributed by atoms with E-state index in [-0.39, 0.29) is 0 Å². The van der Waals surface area contributed by atoms with Gasteiger partial charge in [-0.15, -0.1) is 0 Å². The average molecular weight is 266 g/mol. The summed E-state index contributed by atoms with van der Waals surface area (Å²) in [5.41, 5.74) is 0. The lowest BCUT2D eigenvalue weighted by atomic mass is 10.0. The first-order valence-corrected chi connectivity index (χ1v) is 7.12. The van der Waals surface area contributed by atoms with Gasteiger partial charge in [0.25, 0.3) is 0 Å². The van der Waals surface area contributed by atoms with Crippen LogP contribution in [0.4, 0.5) is 0 Å². The molecule has 1 saturated heterocycles. The van der Waals surface area contributed by atoms with Crippen LogP contribution in [-0.4, -0.2) is 64.2 Å². The molecule has 1 aliphatic rings. The van der Waals surface area contributed by atoms with Gasteiger partial charge in [-0.2, -0.15) is 0 Å². The van der Waals surface area contributed by atoms with Gasteiger partial charge in [-0.05, 0) is 46.4 Å². The topological polar surface area (TPSA) is 44.5 Å². The number of aliphatic hydroxyl groups excluding tert-OH is 1. The van der Waals surface area contributed by atoms with E-state index in [1.807, 2.05) is 17.8 Å². The zero-order valence-corrected chi connectivity index (χ0v) is 12.3. The van der Waals surface area contributed by atoms with Crippen molar-refractivity contribution < 1.29 is 5.11 Å². The van der Waals surface area contributed by atoms with E-state index in [2.05, 4.69) is 28.9 Å². The zero-order chi connectivity index (χ0) is 13.8. The maximum Gasteiger partial charge on any atom is 0.137 e. The number of aromatic nitrogens is 2. The highest BCUT2D eigenvalue weighted by atomic mass is 16.3. The normalized spacial score (nSPS) is 20.1. The molecule has 0 aliphatic carbocycles. The van der Waals surface area contributed by atoms with Gasteiger partial charge >= 0.3 is 0 Å². The fraction of sp³-hybridized carbons (Fsp3) is 0.786. The van der Waals surface area contributed by atoms with E-state index in [1.54, 1.807) is 6.20 Å². The molecule has 2 heterocycles. The van der Waals surface area contributed by atoms with Crippen molar-refractivity contribution in [2.75, 3.05) is 33.7 Å². The van der Waals surface area contributed by atoms with Gasteiger partial charge in [0.2, 0.25) is 0 Å². The summed E-state index contributed by atoms with van der Waals surface area (Å²) in [6, 6.07) is 0.718. The summed E-state index contributed by atoms with van der Waals surface area (Å²) in [4.78, 5) is 8.97. The predicted octanol–water partition coefficient (Wildman–Crippen LogP) is 0.870. The van der Waals surface area contributed by atoms with Crippen LogP contribution in [0.3, 0.4) is 0 Å². The van der Waals surface area contributed by atoms with Crippen LogP contribution in [-0.2, 0) is 7.05 Å². The summed E-state index contributed by atoms with van der Waals surface area (Å²) in [5.74, 6) is 0.767. The second kappa shape index (κ2) is 6.50. The SMILES string of the molecule is CN(C)C1CCN(CC[C@H](O)c2nccn2C)CC1. The number of piperidine rings is 1. The molecule has 1 aliphatic heterocycles. The highest BCUT2D eigenvalue weighted by Gasteiger charge is 2.21.